The van der Waals surface area contributed by atoms with E-state index in [9.17, 15) is 14.3 Å². The van der Waals surface area contributed by atoms with Crippen molar-refractivity contribution >= 4 is 6.09 Å². The largest absolute Gasteiger partial charge is 0.465 e. The van der Waals surface area contributed by atoms with Gasteiger partial charge in [-0.15, -0.1) is 0 Å². The van der Waals surface area contributed by atoms with Crippen molar-refractivity contribution in [3.63, 3.8) is 0 Å². The number of nitrogens with one attached hydrogen (secondary N) is 2. The number of hydrogen-bond acceptors (Lipinski definition) is 3. The minimum Gasteiger partial charge on any atom is -0.465 e. The molecule has 0 bridgehead atoms. The third kappa shape index (κ3) is 5.98. The molecule has 0 aromatic heterocycles. The number of halogens is 1. The maximum absolute atomic E-state index is 12.8. The molecule has 5 nitrogen and oxygen atoms in total. The lowest BCUT2D eigenvalue weighted by Crippen LogP contribution is -2.48. The number of carboxylic acid groups (broad SMARTS) is 1. The Kier molecular flexibility index (Phi) is 6.72. The van der Waals surface area contributed by atoms with E-state index in [0.717, 1.165) is 11.1 Å². The zero-order valence-corrected chi connectivity index (χ0v) is 13.2. The first-order chi connectivity index (χ1) is 11.5. The summed E-state index contributed by atoms with van der Waals surface area (Å²) in [5.41, 5.74) is 1.82. The summed E-state index contributed by atoms with van der Waals surface area (Å²) < 4.78 is 12.8. The number of aliphatic hydroxyl groups is 1. The highest BCUT2D eigenvalue weighted by molar-refractivity contribution is 5.65. The Balaban J connectivity index is 1.88. The van der Waals surface area contributed by atoms with Gasteiger partial charge in [0.1, 0.15) is 5.82 Å². The average Bonchev–Trinajstić information content (AvgIpc) is 2.56. The Morgan fingerprint density at radius 1 is 1.04 bits per heavy atom. The van der Waals surface area contributed by atoms with Crippen molar-refractivity contribution in [1.82, 2.24) is 10.6 Å². The number of aliphatic hydroxyl groups excluding tert-OH is 1. The highest BCUT2D eigenvalue weighted by atomic mass is 19.1. The van der Waals surface area contributed by atoms with Crippen molar-refractivity contribution in [2.24, 2.45) is 0 Å². The van der Waals surface area contributed by atoms with Crippen LogP contribution in [-0.4, -0.2) is 35.0 Å². The molecule has 0 saturated carbocycles. The van der Waals surface area contributed by atoms with Crippen LogP contribution in [0.4, 0.5) is 9.18 Å². The van der Waals surface area contributed by atoms with E-state index in [4.69, 9.17) is 5.11 Å². The van der Waals surface area contributed by atoms with E-state index in [1.54, 1.807) is 12.1 Å². The number of benzene rings is 2. The van der Waals surface area contributed by atoms with Crippen LogP contribution < -0.4 is 10.6 Å². The van der Waals surface area contributed by atoms with Crippen LogP contribution in [0.25, 0.3) is 0 Å². The summed E-state index contributed by atoms with van der Waals surface area (Å²) in [5.74, 6) is -0.299. The molecule has 2 rings (SSSR count). The molecule has 6 heteroatoms. The van der Waals surface area contributed by atoms with E-state index >= 15 is 0 Å². The molecule has 1 amide bonds. The van der Waals surface area contributed by atoms with Gasteiger partial charge in [0.15, 0.2) is 0 Å². The summed E-state index contributed by atoms with van der Waals surface area (Å²) in [4.78, 5) is 11.0. The summed E-state index contributed by atoms with van der Waals surface area (Å²) in [6.45, 7) is 0.678. The quantitative estimate of drug-likeness (QED) is 0.597. The molecule has 0 aliphatic heterocycles. The van der Waals surface area contributed by atoms with E-state index in [-0.39, 0.29) is 12.4 Å². The molecule has 0 unspecified atom stereocenters. The van der Waals surface area contributed by atoms with Crippen LogP contribution in [0.2, 0.25) is 0 Å². The van der Waals surface area contributed by atoms with Crippen LogP contribution in [0.1, 0.15) is 11.1 Å². The molecule has 128 valence electrons. The summed E-state index contributed by atoms with van der Waals surface area (Å²) in [5, 5.41) is 24.7. The molecule has 0 saturated heterocycles. The molecule has 0 fully saturated rings. The average molecular weight is 332 g/mol. The molecule has 24 heavy (non-hydrogen) atoms. The van der Waals surface area contributed by atoms with Gasteiger partial charge in [-0.05, 0) is 29.7 Å². The molecule has 0 radical (unpaired) electrons. The second-order valence-corrected chi connectivity index (χ2v) is 5.57. The van der Waals surface area contributed by atoms with Gasteiger partial charge in [-0.25, -0.2) is 9.18 Å². The van der Waals surface area contributed by atoms with Gasteiger partial charge >= 0.3 is 6.09 Å². The lowest BCUT2D eigenvalue weighted by Gasteiger charge is -2.23. The normalized spacial score (nSPS) is 13.2. The Labute approximate surface area is 140 Å². The fourth-order valence-electron chi connectivity index (χ4n) is 2.42. The van der Waals surface area contributed by atoms with Gasteiger partial charge < -0.3 is 20.8 Å². The molecular formula is C18H21FN2O3. The molecule has 0 aliphatic carbocycles. The van der Waals surface area contributed by atoms with Crippen LogP contribution in [0, 0.1) is 5.82 Å². The Hall–Kier alpha value is -2.44. The highest BCUT2D eigenvalue weighted by Crippen LogP contribution is 2.07. The zero-order chi connectivity index (χ0) is 17.4. The van der Waals surface area contributed by atoms with E-state index in [1.165, 1.54) is 12.1 Å². The molecule has 0 aliphatic rings. The van der Waals surface area contributed by atoms with Crippen molar-refractivity contribution in [2.45, 2.75) is 25.1 Å². The summed E-state index contributed by atoms with van der Waals surface area (Å²) in [7, 11) is 0. The summed E-state index contributed by atoms with van der Waals surface area (Å²) >= 11 is 0. The van der Waals surface area contributed by atoms with Crippen LogP contribution >= 0.6 is 0 Å². The molecule has 0 heterocycles. The fourth-order valence-corrected chi connectivity index (χ4v) is 2.42. The smallest absolute Gasteiger partial charge is 0.404 e. The number of carbonyl (C=O) groups is 1. The van der Waals surface area contributed by atoms with Crippen molar-refractivity contribution < 1.29 is 19.4 Å². The van der Waals surface area contributed by atoms with Crippen LogP contribution in [0.5, 0.6) is 0 Å². The van der Waals surface area contributed by atoms with Gasteiger partial charge in [0.25, 0.3) is 0 Å². The van der Waals surface area contributed by atoms with Crippen molar-refractivity contribution in [2.75, 3.05) is 6.54 Å². The minimum absolute atomic E-state index is 0.217. The maximum atomic E-state index is 12.8. The van der Waals surface area contributed by atoms with E-state index < -0.39 is 18.2 Å². The predicted octanol–water partition coefficient (Wildman–Crippen LogP) is 2.16. The van der Waals surface area contributed by atoms with Gasteiger partial charge in [0.2, 0.25) is 0 Å². The van der Waals surface area contributed by atoms with E-state index in [1.807, 2.05) is 30.3 Å². The second-order valence-electron chi connectivity index (χ2n) is 5.57. The van der Waals surface area contributed by atoms with Crippen molar-refractivity contribution in [3.8, 4) is 0 Å². The third-order valence-corrected chi connectivity index (χ3v) is 3.67. The molecule has 2 aromatic carbocycles. The van der Waals surface area contributed by atoms with E-state index in [2.05, 4.69) is 10.6 Å². The van der Waals surface area contributed by atoms with Gasteiger partial charge in [0, 0.05) is 13.1 Å². The third-order valence-electron chi connectivity index (χ3n) is 3.67. The number of rotatable bonds is 8. The molecular weight excluding hydrogens is 311 g/mol. The van der Waals surface area contributed by atoms with E-state index in [0.29, 0.717) is 13.0 Å². The van der Waals surface area contributed by atoms with Gasteiger partial charge in [-0.3, -0.25) is 0 Å². The second kappa shape index (κ2) is 9.00. The zero-order valence-electron chi connectivity index (χ0n) is 13.2. The lowest BCUT2D eigenvalue weighted by molar-refractivity contribution is 0.117. The maximum Gasteiger partial charge on any atom is 0.404 e. The molecule has 0 spiro atoms. The topological polar surface area (TPSA) is 81.6 Å². The first-order valence-electron chi connectivity index (χ1n) is 7.71. The first kappa shape index (κ1) is 17.9. The van der Waals surface area contributed by atoms with Crippen LogP contribution in [0.15, 0.2) is 54.6 Å². The number of amides is 1. The monoisotopic (exact) mass is 332 g/mol. The standard InChI is InChI=1S/C18H21FN2O3/c19-15-8-6-14(7-9-15)11-20-12-17(22)16(21-18(23)24)10-13-4-2-1-3-5-13/h1-9,16-17,20-22H,10-12H2,(H,23,24)/t16-,17-/m0/s1. The summed E-state index contributed by atoms with van der Waals surface area (Å²) in [6, 6.07) is 14.8. The minimum atomic E-state index is -1.17. The molecule has 2 atom stereocenters. The molecule has 2 aromatic rings. The highest BCUT2D eigenvalue weighted by Gasteiger charge is 2.21. The number of hydrogen-bond donors (Lipinski definition) is 4. The fraction of sp³-hybridized carbons (Fsp3) is 0.278. The lowest BCUT2D eigenvalue weighted by atomic mass is 10.0. The predicted molar refractivity (Wildman–Crippen MR) is 89.2 cm³/mol. The van der Waals surface area contributed by atoms with Gasteiger partial charge in [0.05, 0.1) is 12.1 Å². The Morgan fingerprint density at radius 2 is 1.71 bits per heavy atom. The SMILES string of the molecule is O=C(O)N[C@@H](Cc1ccccc1)[C@@H](O)CNCc1ccc(F)cc1. The van der Waals surface area contributed by atoms with Crippen LogP contribution in [0.3, 0.4) is 0 Å². The van der Waals surface area contributed by atoms with Crippen LogP contribution in [-0.2, 0) is 13.0 Å². The first-order valence-corrected chi connectivity index (χ1v) is 7.71. The summed E-state index contributed by atoms with van der Waals surface area (Å²) in [6.07, 6.45) is -1.66. The Morgan fingerprint density at radius 3 is 2.33 bits per heavy atom. The molecule has 4 N–H and O–H groups in total. The van der Waals surface area contributed by atoms with Crippen molar-refractivity contribution in [1.29, 1.82) is 0 Å². The van der Waals surface area contributed by atoms with Gasteiger partial charge in [-0.1, -0.05) is 42.5 Å². The van der Waals surface area contributed by atoms with Gasteiger partial charge in [-0.2, -0.15) is 0 Å². The van der Waals surface area contributed by atoms with Crippen molar-refractivity contribution in [3.05, 3.63) is 71.5 Å². The Bertz CT molecular complexity index is 634.